The number of aryl methyl sites for hydroxylation is 1. The summed E-state index contributed by atoms with van der Waals surface area (Å²) in [5.41, 5.74) is 3.65. The van der Waals surface area contributed by atoms with Gasteiger partial charge in [0.25, 0.3) is 0 Å². The molecule has 0 aromatic heterocycles. The lowest BCUT2D eigenvalue weighted by Gasteiger charge is -2.35. The maximum Gasteiger partial charge on any atom is 0.410 e. The minimum Gasteiger partial charge on any atom is -0.444 e. The Morgan fingerprint density at radius 1 is 0.933 bits per heavy atom. The van der Waals surface area contributed by atoms with Crippen LogP contribution >= 0.6 is 0 Å². The molecule has 30 heavy (non-hydrogen) atoms. The maximum atomic E-state index is 12.5. The fourth-order valence-corrected chi connectivity index (χ4v) is 3.54. The number of amides is 1. The summed E-state index contributed by atoms with van der Waals surface area (Å²) in [6, 6.07) is 16.0. The number of carbonyl (C=O) groups excluding carboxylic acids is 2. The van der Waals surface area contributed by atoms with E-state index in [-0.39, 0.29) is 11.9 Å². The monoisotopic (exact) mass is 408 g/mol. The molecule has 1 aliphatic heterocycles. The minimum absolute atomic E-state index is 0.143. The highest BCUT2D eigenvalue weighted by atomic mass is 16.6. The maximum absolute atomic E-state index is 12.5. The van der Waals surface area contributed by atoms with Crippen LogP contribution in [0.5, 0.6) is 0 Å². The summed E-state index contributed by atoms with van der Waals surface area (Å²) in [5.74, 6) is 0.143. The molecule has 1 saturated heterocycles. The number of rotatable bonds is 5. The standard InChI is InChI=1S/C25H32N2O3/c1-19-6-5-7-22(16-19)23(28)17-20-8-10-21(11-9-20)18-26-12-14-27(15-13-26)24(29)30-25(2,3)4/h5-11,16H,12-15,17-18H2,1-4H3. The molecule has 3 rings (SSSR count). The largest absolute Gasteiger partial charge is 0.444 e. The molecule has 0 atom stereocenters. The van der Waals surface area contributed by atoms with Crippen molar-refractivity contribution in [1.82, 2.24) is 9.80 Å². The van der Waals surface area contributed by atoms with Gasteiger partial charge in [-0.05, 0) is 44.9 Å². The molecule has 0 aliphatic carbocycles. The molecule has 1 amide bonds. The Hall–Kier alpha value is -2.66. The molecule has 0 spiro atoms. The van der Waals surface area contributed by atoms with Gasteiger partial charge in [0, 0.05) is 44.7 Å². The molecular formula is C25H32N2O3. The summed E-state index contributed by atoms with van der Waals surface area (Å²) >= 11 is 0. The topological polar surface area (TPSA) is 49.9 Å². The van der Waals surface area contributed by atoms with Gasteiger partial charge >= 0.3 is 6.09 Å². The van der Waals surface area contributed by atoms with Crippen LogP contribution in [-0.2, 0) is 17.7 Å². The van der Waals surface area contributed by atoms with Crippen LogP contribution in [0, 0.1) is 6.92 Å². The van der Waals surface area contributed by atoms with E-state index in [0.717, 1.165) is 36.3 Å². The first-order chi connectivity index (χ1) is 14.2. The van der Waals surface area contributed by atoms with Crippen LogP contribution < -0.4 is 0 Å². The lowest BCUT2D eigenvalue weighted by molar-refractivity contribution is 0.0139. The molecule has 0 N–H and O–H groups in total. The molecule has 5 heteroatoms. The number of carbonyl (C=O) groups is 2. The zero-order valence-electron chi connectivity index (χ0n) is 18.5. The van der Waals surface area contributed by atoms with E-state index < -0.39 is 5.60 Å². The van der Waals surface area contributed by atoms with E-state index in [9.17, 15) is 9.59 Å². The third-order valence-corrected chi connectivity index (χ3v) is 5.16. The molecule has 1 aliphatic rings. The van der Waals surface area contributed by atoms with E-state index in [1.807, 2.05) is 64.1 Å². The van der Waals surface area contributed by atoms with Crippen molar-refractivity contribution in [3.63, 3.8) is 0 Å². The van der Waals surface area contributed by atoms with Crippen molar-refractivity contribution < 1.29 is 14.3 Å². The molecule has 5 nitrogen and oxygen atoms in total. The molecule has 2 aromatic carbocycles. The number of piperazine rings is 1. The second kappa shape index (κ2) is 9.43. The average molecular weight is 409 g/mol. The molecule has 0 bridgehead atoms. The van der Waals surface area contributed by atoms with Crippen LogP contribution in [0.3, 0.4) is 0 Å². The fourth-order valence-electron chi connectivity index (χ4n) is 3.54. The Balaban J connectivity index is 1.48. The number of nitrogens with zero attached hydrogens (tertiary/aromatic N) is 2. The van der Waals surface area contributed by atoms with Gasteiger partial charge in [0.2, 0.25) is 0 Å². The van der Waals surface area contributed by atoms with Gasteiger partial charge in [-0.3, -0.25) is 9.69 Å². The van der Waals surface area contributed by atoms with Crippen molar-refractivity contribution in [1.29, 1.82) is 0 Å². The van der Waals surface area contributed by atoms with Gasteiger partial charge in [0.15, 0.2) is 5.78 Å². The second-order valence-corrected chi connectivity index (χ2v) is 9.03. The molecule has 0 radical (unpaired) electrons. The van der Waals surface area contributed by atoms with Gasteiger partial charge < -0.3 is 9.64 Å². The van der Waals surface area contributed by atoms with Crippen molar-refractivity contribution >= 4 is 11.9 Å². The summed E-state index contributed by atoms with van der Waals surface area (Å²) in [6.45, 7) is 11.5. The summed E-state index contributed by atoms with van der Waals surface area (Å²) in [4.78, 5) is 28.8. The third-order valence-electron chi connectivity index (χ3n) is 5.16. The van der Waals surface area contributed by atoms with Crippen molar-refractivity contribution in [2.75, 3.05) is 26.2 Å². The number of ether oxygens (including phenoxy) is 1. The molecule has 0 unspecified atom stereocenters. The second-order valence-electron chi connectivity index (χ2n) is 9.03. The molecule has 160 valence electrons. The quantitative estimate of drug-likeness (QED) is 0.685. The lowest BCUT2D eigenvalue weighted by Crippen LogP contribution is -2.49. The number of hydrogen-bond acceptors (Lipinski definition) is 4. The fraction of sp³-hybridized carbons (Fsp3) is 0.440. The zero-order valence-corrected chi connectivity index (χ0v) is 18.5. The average Bonchev–Trinajstić information content (AvgIpc) is 2.69. The lowest BCUT2D eigenvalue weighted by atomic mass is 10.0. The number of Topliss-reactive ketones (excluding diaryl/α,β-unsaturated/α-hetero) is 1. The van der Waals surface area contributed by atoms with Gasteiger partial charge in [0.05, 0.1) is 0 Å². The van der Waals surface area contributed by atoms with Gasteiger partial charge in [-0.2, -0.15) is 0 Å². The minimum atomic E-state index is -0.462. The van der Waals surface area contributed by atoms with E-state index in [1.54, 1.807) is 4.90 Å². The van der Waals surface area contributed by atoms with Crippen LogP contribution in [0.1, 0.15) is 47.8 Å². The SMILES string of the molecule is Cc1cccc(C(=O)Cc2ccc(CN3CCN(C(=O)OC(C)(C)C)CC3)cc2)c1. The van der Waals surface area contributed by atoms with Crippen LogP contribution in [0.25, 0.3) is 0 Å². The summed E-state index contributed by atoms with van der Waals surface area (Å²) in [7, 11) is 0. The van der Waals surface area contributed by atoms with Crippen molar-refractivity contribution in [2.24, 2.45) is 0 Å². The van der Waals surface area contributed by atoms with Crippen molar-refractivity contribution in [2.45, 2.75) is 46.3 Å². The highest BCUT2D eigenvalue weighted by Gasteiger charge is 2.25. The molecule has 1 heterocycles. The smallest absolute Gasteiger partial charge is 0.410 e. The van der Waals surface area contributed by atoms with E-state index in [4.69, 9.17) is 4.74 Å². The van der Waals surface area contributed by atoms with Gasteiger partial charge in [0.1, 0.15) is 5.60 Å². The summed E-state index contributed by atoms with van der Waals surface area (Å²) in [5, 5.41) is 0. The van der Waals surface area contributed by atoms with Gasteiger partial charge in [-0.1, -0.05) is 48.0 Å². The first-order valence-corrected chi connectivity index (χ1v) is 10.6. The highest BCUT2D eigenvalue weighted by molar-refractivity contribution is 5.97. The molecule has 1 fully saturated rings. The van der Waals surface area contributed by atoms with E-state index in [1.165, 1.54) is 5.56 Å². The van der Waals surface area contributed by atoms with E-state index >= 15 is 0 Å². The number of ketones is 1. The van der Waals surface area contributed by atoms with E-state index in [2.05, 4.69) is 17.0 Å². The molecule has 0 saturated carbocycles. The van der Waals surface area contributed by atoms with Gasteiger partial charge in [-0.15, -0.1) is 0 Å². The van der Waals surface area contributed by atoms with Gasteiger partial charge in [-0.25, -0.2) is 4.79 Å². The predicted molar refractivity (Wildman–Crippen MR) is 119 cm³/mol. The zero-order chi connectivity index (χ0) is 21.7. The Morgan fingerprint density at radius 2 is 1.57 bits per heavy atom. The van der Waals surface area contributed by atoms with E-state index in [0.29, 0.717) is 19.5 Å². The van der Waals surface area contributed by atoms with Crippen LogP contribution in [0.4, 0.5) is 4.79 Å². The number of hydrogen-bond donors (Lipinski definition) is 0. The Labute approximate surface area is 179 Å². The van der Waals surface area contributed by atoms with Crippen LogP contribution in [-0.4, -0.2) is 53.5 Å². The summed E-state index contributed by atoms with van der Waals surface area (Å²) in [6.07, 6.45) is 0.183. The summed E-state index contributed by atoms with van der Waals surface area (Å²) < 4.78 is 5.45. The van der Waals surface area contributed by atoms with Crippen molar-refractivity contribution in [3.05, 3.63) is 70.8 Å². The molecular weight excluding hydrogens is 376 g/mol. The Bertz CT molecular complexity index is 876. The predicted octanol–water partition coefficient (Wildman–Crippen LogP) is 4.47. The normalized spacial score (nSPS) is 15.1. The Morgan fingerprint density at radius 3 is 2.17 bits per heavy atom. The Kier molecular flexibility index (Phi) is 6.93. The first-order valence-electron chi connectivity index (χ1n) is 10.6. The van der Waals surface area contributed by atoms with Crippen LogP contribution in [0.15, 0.2) is 48.5 Å². The third kappa shape index (κ3) is 6.42. The van der Waals surface area contributed by atoms with Crippen LogP contribution in [0.2, 0.25) is 0 Å². The molecule has 2 aromatic rings. The van der Waals surface area contributed by atoms with Crippen molar-refractivity contribution in [3.8, 4) is 0 Å². The first kappa shape index (κ1) is 22.0. The number of benzene rings is 2. The highest BCUT2D eigenvalue weighted by Crippen LogP contribution is 2.15.